The summed E-state index contributed by atoms with van der Waals surface area (Å²) in [5.74, 6) is -0.975. The fourth-order valence-electron chi connectivity index (χ4n) is 2.37. The van der Waals surface area contributed by atoms with Crippen LogP contribution in [0.4, 0.5) is 0 Å². The topological polar surface area (TPSA) is 46.5 Å². The highest BCUT2D eigenvalue weighted by Gasteiger charge is 2.42. The molecule has 2 unspecified atom stereocenters. The zero-order valence-corrected chi connectivity index (χ0v) is 13.4. The molecule has 0 fully saturated rings. The van der Waals surface area contributed by atoms with E-state index in [0.717, 1.165) is 4.47 Å². The third-order valence-corrected chi connectivity index (χ3v) is 3.72. The Labute approximate surface area is 123 Å². The Hall–Kier alpha value is -0.870. The van der Waals surface area contributed by atoms with Gasteiger partial charge in [-0.25, -0.2) is 0 Å². The molecule has 0 saturated carbocycles. The van der Waals surface area contributed by atoms with Gasteiger partial charge in [-0.15, -0.1) is 0 Å². The van der Waals surface area contributed by atoms with E-state index in [2.05, 4.69) is 15.9 Å². The van der Waals surface area contributed by atoms with Crippen LogP contribution in [0, 0.1) is 11.8 Å². The predicted octanol–water partition coefficient (Wildman–Crippen LogP) is 3.49. The second-order valence-corrected chi connectivity index (χ2v) is 6.05. The van der Waals surface area contributed by atoms with Crippen molar-refractivity contribution in [2.75, 3.05) is 6.61 Å². The van der Waals surface area contributed by atoms with Crippen LogP contribution in [0.2, 0.25) is 0 Å². The number of rotatable bonds is 5. The second kappa shape index (κ2) is 6.53. The standard InChI is InChI=1S/C15H21BrO3/c1-5-19-14(17)13(10(2)3)15(4,18)11-7-6-8-12(16)9-11/h6-10,13,18H,5H2,1-4H3. The lowest BCUT2D eigenvalue weighted by Crippen LogP contribution is -2.41. The SMILES string of the molecule is CCOC(=O)C(C(C)C)C(C)(O)c1cccc(Br)c1. The van der Waals surface area contributed by atoms with E-state index in [9.17, 15) is 9.90 Å². The average molecular weight is 329 g/mol. The molecule has 0 radical (unpaired) electrons. The molecule has 0 aliphatic heterocycles. The number of aliphatic hydroxyl groups is 1. The predicted molar refractivity (Wildman–Crippen MR) is 78.7 cm³/mol. The van der Waals surface area contributed by atoms with Crippen molar-refractivity contribution in [3.63, 3.8) is 0 Å². The van der Waals surface area contributed by atoms with Gasteiger partial charge in [0.05, 0.1) is 12.5 Å². The van der Waals surface area contributed by atoms with E-state index in [-0.39, 0.29) is 11.9 Å². The Balaban J connectivity index is 3.16. The van der Waals surface area contributed by atoms with Crippen LogP contribution in [0.25, 0.3) is 0 Å². The molecule has 0 spiro atoms. The van der Waals surface area contributed by atoms with Gasteiger partial charge in [0, 0.05) is 4.47 Å². The van der Waals surface area contributed by atoms with E-state index in [1.54, 1.807) is 13.8 Å². The smallest absolute Gasteiger partial charge is 0.312 e. The van der Waals surface area contributed by atoms with Gasteiger partial charge in [0.2, 0.25) is 0 Å². The van der Waals surface area contributed by atoms with Gasteiger partial charge < -0.3 is 9.84 Å². The molecule has 106 valence electrons. The molecule has 0 aliphatic rings. The van der Waals surface area contributed by atoms with Crippen molar-refractivity contribution in [3.8, 4) is 0 Å². The molecular weight excluding hydrogens is 308 g/mol. The maximum atomic E-state index is 12.1. The van der Waals surface area contributed by atoms with E-state index < -0.39 is 11.5 Å². The Morgan fingerprint density at radius 1 is 1.47 bits per heavy atom. The number of carbonyl (C=O) groups excluding carboxylic acids is 1. The highest BCUT2D eigenvalue weighted by atomic mass is 79.9. The first-order valence-electron chi connectivity index (χ1n) is 6.45. The molecule has 0 heterocycles. The van der Waals surface area contributed by atoms with Crippen LogP contribution >= 0.6 is 15.9 Å². The summed E-state index contributed by atoms with van der Waals surface area (Å²) in [6.45, 7) is 7.57. The highest BCUT2D eigenvalue weighted by molar-refractivity contribution is 9.10. The lowest BCUT2D eigenvalue weighted by molar-refractivity contribution is -0.161. The number of carbonyl (C=O) groups is 1. The zero-order valence-electron chi connectivity index (χ0n) is 11.8. The van der Waals surface area contributed by atoms with Crippen LogP contribution in [-0.2, 0) is 15.1 Å². The second-order valence-electron chi connectivity index (χ2n) is 5.13. The van der Waals surface area contributed by atoms with Crippen molar-refractivity contribution < 1.29 is 14.6 Å². The monoisotopic (exact) mass is 328 g/mol. The molecule has 1 N–H and O–H groups in total. The third kappa shape index (κ3) is 3.80. The zero-order chi connectivity index (χ0) is 14.6. The molecule has 3 nitrogen and oxygen atoms in total. The van der Waals surface area contributed by atoms with Crippen molar-refractivity contribution in [1.82, 2.24) is 0 Å². The Kier molecular flexibility index (Phi) is 5.56. The van der Waals surface area contributed by atoms with Crippen LogP contribution < -0.4 is 0 Å². The van der Waals surface area contributed by atoms with Crippen LogP contribution in [0.3, 0.4) is 0 Å². The molecule has 4 heteroatoms. The van der Waals surface area contributed by atoms with Crippen molar-refractivity contribution in [1.29, 1.82) is 0 Å². The van der Waals surface area contributed by atoms with Gasteiger partial charge >= 0.3 is 5.97 Å². The number of hydrogen-bond donors (Lipinski definition) is 1. The lowest BCUT2D eigenvalue weighted by Gasteiger charge is -2.34. The van der Waals surface area contributed by atoms with Gasteiger partial charge in [0.25, 0.3) is 0 Å². The van der Waals surface area contributed by atoms with Crippen LogP contribution in [-0.4, -0.2) is 17.7 Å². The lowest BCUT2D eigenvalue weighted by atomic mass is 9.76. The molecule has 1 rings (SSSR count). The summed E-state index contributed by atoms with van der Waals surface area (Å²) in [7, 11) is 0. The van der Waals surface area contributed by atoms with Crippen molar-refractivity contribution in [2.45, 2.75) is 33.3 Å². The third-order valence-electron chi connectivity index (χ3n) is 3.22. The van der Waals surface area contributed by atoms with Gasteiger partial charge in [-0.3, -0.25) is 4.79 Å². The summed E-state index contributed by atoms with van der Waals surface area (Å²) in [6.07, 6.45) is 0. The maximum Gasteiger partial charge on any atom is 0.312 e. The quantitative estimate of drug-likeness (QED) is 0.841. The average Bonchev–Trinajstić information content (AvgIpc) is 2.28. The maximum absolute atomic E-state index is 12.1. The minimum Gasteiger partial charge on any atom is -0.466 e. The van der Waals surface area contributed by atoms with Crippen molar-refractivity contribution >= 4 is 21.9 Å². The molecule has 19 heavy (non-hydrogen) atoms. The van der Waals surface area contributed by atoms with Crippen molar-refractivity contribution in [2.24, 2.45) is 11.8 Å². The van der Waals surface area contributed by atoms with Gasteiger partial charge in [-0.1, -0.05) is 41.9 Å². The molecule has 1 aromatic carbocycles. The first-order chi connectivity index (χ1) is 8.80. The van der Waals surface area contributed by atoms with E-state index >= 15 is 0 Å². The van der Waals surface area contributed by atoms with Crippen LogP contribution in [0.1, 0.15) is 33.3 Å². The number of esters is 1. The molecule has 0 aliphatic carbocycles. The number of halogens is 1. The summed E-state index contributed by atoms with van der Waals surface area (Å²) >= 11 is 3.38. The Bertz CT molecular complexity index is 441. The minimum atomic E-state index is -1.26. The molecule has 0 amide bonds. The molecule has 2 atom stereocenters. The van der Waals surface area contributed by atoms with E-state index in [0.29, 0.717) is 12.2 Å². The first-order valence-corrected chi connectivity index (χ1v) is 7.25. The minimum absolute atomic E-state index is 0.0203. The van der Waals surface area contributed by atoms with Gasteiger partial charge in [0.1, 0.15) is 5.60 Å². The summed E-state index contributed by atoms with van der Waals surface area (Å²) in [5.41, 5.74) is -0.557. The summed E-state index contributed by atoms with van der Waals surface area (Å²) < 4.78 is 5.96. The summed E-state index contributed by atoms with van der Waals surface area (Å²) in [4.78, 5) is 12.1. The molecule has 0 aromatic heterocycles. The highest BCUT2D eigenvalue weighted by Crippen LogP contribution is 2.36. The van der Waals surface area contributed by atoms with Crippen LogP contribution in [0.5, 0.6) is 0 Å². The fourth-order valence-corrected chi connectivity index (χ4v) is 2.76. The molecule has 0 saturated heterocycles. The van der Waals surface area contributed by atoms with Crippen molar-refractivity contribution in [3.05, 3.63) is 34.3 Å². The largest absolute Gasteiger partial charge is 0.466 e. The van der Waals surface area contributed by atoms with E-state index in [4.69, 9.17) is 4.74 Å². The van der Waals surface area contributed by atoms with E-state index in [1.807, 2.05) is 38.1 Å². The summed E-state index contributed by atoms with van der Waals surface area (Å²) in [5, 5.41) is 10.8. The molecule has 1 aromatic rings. The fraction of sp³-hybridized carbons (Fsp3) is 0.533. The first kappa shape index (κ1) is 16.2. The number of ether oxygens (including phenoxy) is 1. The van der Waals surface area contributed by atoms with Gasteiger partial charge in [-0.2, -0.15) is 0 Å². The van der Waals surface area contributed by atoms with Gasteiger partial charge in [-0.05, 0) is 37.5 Å². The normalized spacial score (nSPS) is 15.9. The van der Waals surface area contributed by atoms with Gasteiger partial charge in [0.15, 0.2) is 0 Å². The Morgan fingerprint density at radius 3 is 2.58 bits per heavy atom. The molecular formula is C15H21BrO3. The molecule has 0 bridgehead atoms. The Morgan fingerprint density at radius 2 is 2.11 bits per heavy atom. The number of benzene rings is 1. The summed E-state index contributed by atoms with van der Waals surface area (Å²) in [6, 6.07) is 7.37. The number of hydrogen-bond acceptors (Lipinski definition) is 3. The van der Waals surface area contributed by atoms with E-state index in [1.165, 1.54) is 0 Å². The van der Waals surface area contributed by atoms with Crippen LogP contribution in [0.15, 0.2) is 28.7 Å².